The third-order valence-electron chi connectivity index (χ3n) is 6.60. The fourth-order valence-corrected chi connectivity index (χ4v) is 5.05. The minimum atomic E-state index is -0.200. The minimum Gasteiger partial charge on any atom is -0.454 e. The van der Waals surface area contributed by atoms with Gasteiger partial charge in [0.1, 0.15) is 11.7 Å². The summed E-state index contributed by atoms with van der Waals surface area (Å²) in [7, 11) is 0. The number of fused-ring (bicyclic) bond motifs is 3. The van der Waals surface area contributed by atoms with Crippen LogP contribution in [0.1, 0.15) is 35.9 Å². The number of anilines is 1. The summed E-state index contributed by atoms with van der Waals surface area (Å²) in [4.78, 5) is 2.41. The molecule has 1 aliphatic heterocycles. The molecule has 6 rings (SSSR count). The van der Waals surface area contributed by atoms with Gasteiger partial charge in [0.15, 0.2) is 11.8 Å². The van der Waals surface area contributed by atoms with Crippen molar-refractivity contribution in [1.29, 1.82) is 0 Å². The molecule has 4 aromatic carbocycles. The monoisotopic (exact) mass is 419 g/mol. The second kappa shape index (κ2) is 7.54. The molecule has 1 aromatic heterocycles. The van der Waals surface area contributed by atoms with Crippen LogP contribution in [-0.4, -0.2) is 6.04 Å². The highest BCUT2D eigenvalue weighted by molar-refractivity contribution is 6.09. The summed E-state index contributed by atoms with van der Waals surface area (Å²) in [5, 5.41) is 2.29. The van der Waals surface area contributed by atoms with Gasteiger partial charge in [-0.05, 0) is 31.0 Å². The number of aryl methyl sites for hydroxylation is 1. The first-order valence-corrected chi connectivity index (χ1v) is 11.2. The van der Waals surface area contributed by atoms with Crippen LogP contribution >= 0.6 is 0 Å². The first-order valence-electron chi connectivity index (χ1n) is 11.2. The number of ether oxygens (including phenoxy) is 1. The van der Waals surface area contributed by atoms with Crippen LogP contribution < -0.4 is 4.90 Å². The Bertz CT molecular complexity index is 1390. The van der Waals surface area contributed by atoms with E-state index in [1.165, 1.54) is 11.1 Å². The van der Waals surface area contributed by atoms with E-state index in [9.17, 15) is 0 Å². The van der Waals surface area contributed by atoms with Gasteiger partial charge in [-0.15, -0.1) is 0 Å². The summed E-state index contributed by atoms with van der Waals surface area (Å²) in [5.74, 6) is 0. The van der Waals surface area contributed by atoms with Gasteiger partial charge in [-0.1, -0.05) is 91.0 Å². The SMILES string of the molecule is Cc1ccc2c(oc3ccccc32)c1N1C(c2ccccc2)OC(c2ccccc2)[C@@H]1C. The van der Waals surface area contributed by atoms with Gasteiger partial charge in [-0.2, -0.15) is 0 Å². The molecule has 2 heterocycles. The van der Waals surface area contributed by atoms with E-state index >= 15 is 0 Å². The molecule has 5 aromatic rings. The van der Waals surface area contributed by atoms with Crippen LogP contribution in [0, 0.1) is 6.92 Å². The van der Waals surface area contributed by atoms with Crippen molar-refractivity contribution in [3.05, 3.63) is 114 Å². The lowest BCUT2D eigenvalue weighted by atomic mass is 10.0. The van der Waals surface area contributed by atoms with Gasteiger partial charge in [0, 0.05) is 16.3 Å². The second-order valence-electron chi connectivity index (χ2n) is 8.58. The number of benzene rings is 4. The van der Waals surface area contributed by atoms with Crippen molar-refractivity contribution in [3.63, 3.8) is 0 Å². The Morgan fingerprint density at radius 3 is 2.09 bits per heavy atom. The average molecular weight is 420 g/mol. The number of rotatable bonds is 3. The normalized spacial score (nSPS) is 20.9. The summed E-state index contributed by atoms with van der Waals surface area (Å²) in [6.45, 7) is 4.41. The highest BCUT2D eigenvalue weighted by Gasteiger charge is 2.42. The van der Waals surface area contributed by atoms with Crippen molar-refractivity contribution in [2.24, 2.45) is 0 Å². The van der Waals surface area contributed by atoms with Crippen molar-refractivity contribution in [3.8, 4) is 0 Å². The van der Waals surface area contributed by atoms with Crippen LogP contribution in [0.2, 0.25) is 0 Å². The van der Waals surface area contributed by atoms with Gasteiger partial charge in [0.25, 0.3) is 0 Å². The van der Waals surface area contributed by atoms with Gasteiger partial charge < -0.3 is 14.1 Å². The highest BCUT2D eigenvalue weighted by atomic mass is 16.5. The molecule has 1 aliphatic rings. The Morgan fingerprint density at radius 2 is 1.34 bits per heavy atom. The second-order valence-corrected chi connectivity index (χ2v) is 8.58. The van der Waals surface area contributed by atoms with Crippen LogP contribution in [0.4, 0.5) is 5.69 Å². The Hall–Kier alpha value is -3.56. The molecular weight excluding hydrogens is 394 g/mol. The molecule has 1 saturated heterocycles. The van der Waals surface area contributed by atoms with E-state index in [1.54, 1.807) is 0 Å². The summed E-state index contributed by atoms with van der Waals surface area (Å²) in [6, 6.07) is 33.8. The van der Waals surface area contributed by atoms with E-state index in [4.69, 9.17) is 9.15 Å². The van der Waals surface area contributed by atoms with E-state index in [0.29, 0.717) is 0 Å². The van der Waals surface area contributed by atoms with Crippen molar-refractivity contribution in [2.45, 2.75) is 32.2 Å². The van der Waals surface area contributed by atoms with Crippen molar-refractivity contribution < 1.29 is 9.15 Å². The fraction of sp³-hybridized carbons (Fsp3) is 0.172. The summed E-state index contributed by atoms with van der Waals surface area (Å²) in [6.07, 6.45) is -0.241. The minimum absolute atomic E-state index is 0.0413. The van der Waals surface area contributed by atoms with Gasteiger partial charge in [0.2, 0.25) is 0 Å². The third kappa shape index (κ3) is 2.93. The van der Waals surface area contributed by atoms with Crippen molar-refractivity contribution >= 4 is 27.6 Å². The maximum absolute atomic E-state index is 6.78. The molecule has 2 unspecified atom stereocenters. The Balaban J connectivity index is 1.58. The van der Waals surface area contributed by atoms with E-state index in [2.05, 4.69) is 97.6 Å². The maximum atomic E-state index is 6.78. The van der Waals surface area contributed by atoms with Crippen LogP contribution in [-0.2, 0) is 4.74 Å². The molecule has 3 atom stereocenters. The predicted octanol–water partition coefficient (Wildman–Crippen LogP) is 7.56. The quantitative estimate of drug-likeness (QED) is 0.302. The molecule has 0 bridgehead atoms. The van der Waals surface area contributed by atoms with Crippen molar-refractivity contribution in [2.75, 3.05) is 4.90 Å². The summed E-state index contributed by atoms with van der Waals surface area (Å²) in [5.41, 5.74) is 6.47. The molecule has 0 saturated carbocycles. The molecule has 3 heteroatoms. The summed E-state index contributed by atoms with van der Waals surface area (Å²) < 4.78 is 13.2. The number of hydrogen-bond donors (Lipinski definition) is 0. The fourth-order valence-electron chi connectivity index (χ4n) is 5.05. The lowest BCUT2D eigenvalue weighted by Crippen LogP contribution is -2.32. The Kier molecular flexibility index (Phi) is 4.51. The number of furan rings is 1. The van der Waals surface area contributed by atoms with Gasteiger partial charge in [-0.3, -0.25) is 0 Å². The van der Waals surface area contributed by atoms with E-state index in [0.717, 1.165) is 33.2 Å². The first kappa shape index (κ1) is 19.1. The first-order chi connectivity index (χ1) is 15.7. The summed E-state index contributed by atoms with van der Waals surface area (Å²) >= 11 is 0. The van der Waals surface area contributed by atoms with Crippen LogP contribution in [0.25, 0.3) is 21.9 Å². The molecule has 3 nitrogen and oxygen atoms in total. The average Bonchev–Trinajstić information content (AvgIpc) is 3.38. The van der Waals surface area contributed by atoms with E-state index < -0.39 is 0 Å². The predicted molar refractivity (Wildman–Crippen MR) is 130 cm³/mol. The molecule has 158 valence electrons. The Morgan fingerprint density at radius 1 is 0.688 bits per heavy atom. The van der Waals surface area contributed by atoms with Gasteiger partial charge in [0.05, 0.1) is 11.7 Å². The maximum Gasteiger partial charge on any atom is 0.159 e. The molecular formula is C29H25NO2. The lowest BCUT2D eigenvalue weighted by molar-refractivity contribution is 0.0417. The molecule has 0 aliphatic carbocycles. The van der Waals surface area contributed by atoms with Gasteiger partial charge in [-0.25, -0.2) is 0 Å². The van der Waals surface area contributed by atoms with Crippen LogP contribution in [0.15, 0.2) is 101 Å². The number of para-hydroxylation sites is 1. The zero-order chi connectivity index (χ0) is 21.7. The van der Waals surface area contributed by atoms with E-state index in [1.807, 2.05) is 18.2 Å². The molecule has 32 heavy (non-hydrogen) atoms. The molecule has 1 fully saturated rings. The molecule has 0 spiro atoms. The molecule has 0 amide bonds. The van der Waals surface area contributed by atoms with Crippen LogP contribution in [0.5, 0.6) is 0 Å². The smallest absolute Gasteiger partial charge is 0.159 e. The largest absolute Gasteiger partial charge is 0.454 e. The zero-order valence-corrected chi connectivity index (χ0v) is 18.2. The standard InChI is InChI=1S/C29H25NO2/c1-19-17-18-24-23-15-9-10-16-25(23)31-28(24)26(19)30-20(2)27(21-11-5-3-6-12-21)32-29(30)22-13-7-4-8-14-22/h3-18,20,27,29H,1-2H3/t20-,27?,29?/m0/s1. The van der Waals surface area contributed by atoms with Crippen LogP contribution in [0.3, 0.4) is 0 Å². The number of hydrogen-bond acceptors (Lipinski definition) is 3. The highest BCUT2D eigenvalue weighted by Crippen LogP contribution is 2.49. The lowest BCUT2D eigenvalue weighted by Gasteiger charge is -2.30. The number of nitrogens with zero attached hydrogens (tertiary/aromatic N) is 1. The zero-order valence-electron chi connectivity index (χ0n) is 18.2. The van der Waals surface area contributed by atoms with Gasteiger partial charge >= 0.3 is 0 Å². The van der Waals surface area contributed by atoms with Crippen molar-refractivity contribution in [1.82, 2.24) is 0 Å². The molecule has 0 radical (unpaired) electrons. The molecule has 0 N–H and O–H groups in total. The topological polar surface area (TPSA) is 25.6 Å². The Labute approximate surface area is 187 Å². The third-order valence-corrected chi connectivity index (χ3v) is 6.60. The van der Waals surface area contributed by atoms with E-state index in [-0.39, 0.29) is 18.4 Å².